The Morgan fingerprint density at radius 1 is 1.41 bits per heavy atom. The summed E-state index contributed by atoms with van der Waals surface area (Å²) in [6, 6.07) is 0.186. The first-order valence-corrected chi connectivity index (χ1v) is 6.62. The van der Waals surface area contributed by atoms with Crippen LogP contribution in [0.25, 0.3) is 0 Å². The van der Waals surface area contributed by atoms with E-state index in [9.17, 15) is 4.79 Å². The average molecular weight is 240 g/mol. The fourth-order valence-electron chi connectivity index (χ4n) is 2.97. The molecule has 0 radical (unpaired) electrons. The van der Waals surface area contributed by atoms with Crippen LogP contribution in [0.5, 0.6) is 0 Å². The second-order valence-electron chi connectivity index (χ2n) is 6.27. The highest BCUT2D eigenvalue weighted by Gasteiger charge is 2.34. The molecule has 1 saturated heterocycles. The third kappa shape index (κ3) is 3.19. The van der Waals surface area contributed by atoms with Crippen LogP contribution < -0.4 is 11.1 Å². The number of amides is 1. The minimum atomic E-state index is -0.153. The lowest BCUT2D eigenvalue weighted by atomic mass is 9.75. The molecule has 0 aromatic heterocycles. The summed E-state index contributed by atoms with van der Waals surface area (Å²) in [5.41, 5.74) is 6.20. The highest BCUT2D eigenvalue weighted by atomic mass is 16.5. The third-order valence-electron chi connectivity index (χ3n) is 4.01. The Kier molecular flexibility index (Phi) is 3.73. The molecule has 2 rings (SSSR count). The van der Waals surface area contributed by atoms with Crippen LogP contribution in [0.1, 0.15) is 39.5 Å². The Labute approximate surface area is 103 Å². The van der Waals surface area contributed by atoms with Crippen LogP contribution in [-0.2, 0) is 9.53 Å². The molecule has 4 heteroatoms. The molecule has 98 valence electrons. The first kappa shape index (κ1) is 12.8. The van der Waals surface area contributed by atoms with Crippen molar-refractivity contribution < 1.29 is 9.53 Å². The molecule has 4 nitrogen and oxygen atoms in total. The van der Waals surface area contributed by atoms with Gasteiger partial charge in [0.05, 0.1) is 19.1 Å². The van der Waals surface area contributed by atoms with E-state index in [4.69, 9.17) is 10.5 Å². The average Bonchev–Trinajstić information content (AvgIpc) is 2.62. The van der Waals surface area contributed by atoms with E-state index in [0.29, 0.717) is 24.7 Å². The van der Waals surface area contributed by atoms with Gasteiger partial charge in [0, 0.05) is 12.1 Å². The van der Waals surface area contributed by atoms with E-state index < -0.39 is 0 Å². The van der Waals surface area contributed by atoms with E-state index in [0.717, 1.165) is 12.8 Å². The molecule has 2 aliphatic rings. The maximum absolute atomic E-state index is 12.1. The van der Waals surface area contributed by atoms with Crippen molar-refractivity contribution in [3.05, 3.63) is 0 Å². The molecule has 3 unspecified atom stereocenters. The van der Waals surface area contributed by atoms with Gasteiger partial charge in [-0.3, -0.25) is 4.79 Å². The summed E-state index contributed by atoms with van der Waals surface area (Å²) in [6.07, 6.45) is 4.62. The van der Waals surface area contributed by atoms with Crippen molar-refractivity contribution in [2.24, 2.45) is 17.1 Å². The Morgan fingerprint density at radius 2 is 2.18 bits per heavy atom. The zero-order chi connectivity index (χ0) is 12.5. The first-order chi connectivity index (χ1) is 7.98. The van der Waals surface area contributed by atoms with E-state index in [1.165, 1.54) is 12.8 Å². The Morgan fingerprint density at radius 3 is 2.76 bits per heavy atom. The maximum atomic E-state index is 12.1. The fourth-order valence-corrected chi connectivity index (χ4v) is 2.97. The van der Waals surface area contributed by atoms with Gasteiger partial charge in [-0.15, -0.1) is 0 Å². The molecular formula is C13H24N2O2. The molecule has 3 atom stereocenters. The summed E-state index contributed by atoms with van der Waals surface area (Å²) < 4.78 is 5.23. The zero-order valence-electron chi connectivity index (χ0n) is 10.9. The molecule has 1 saturated carbocycles. The molecule has 17 heavy (non-hydrogen) atoms. The topological polar surface area (TPSA) is 64.3 Å². The van der Waals surface area contributed by atoms with E-state index in [1.807, 2.05) is 0 Å². The van der Waals surface area contributed by atoms with E-state index in [2.05, 4.69) is 19.2 Å². The van der Waals surface area contributed by atoms with Crippen LogP contribution in [0, 0.1) is 11.3 Å². The van der Waals surface area contributed by atoms with Gasteiger partial charge in [-0.1, -0.05) is 20.3 Å². The van der Waals surface area contributed by atoms with Gasteiger partial charge in [0.2, 0.25) is 5.91 Å². The second kappa shape index (κ2) is 4.94. The van der Waals surface area contributed by atoms with Crippen LogP contribution in [0.15, 0.2) is 0 Å². The van der Waals surface area contributed by atoms with Gasteiger partial charge in [0.15, 0.2) is 0 Å². The van der Waals surface area contributed by atoms with Crippen LogP contribution in [0.4, 0.5) is 0 Å². The van der Waals surface area contributed by atoms with Crippen molar-refractivity contribution in [2.75, 3.05) is 13.2 Å². The normalized spacial score (nSPS) is 36.8. The van der Waals surface area contributed by atoms with Gasteiger partial charge in [0.25, 0.3) is 0 Å². The molecule has 1 heterocycles. The molecule has 0 spiro atoms. The van der Waals surface area contributed by atoms with Gasteiger partial charge >= 0.3 is 0 Å². The van der Waals surface area contributed by atoms with E-state index in [-0.39, 0.29) is 17.9 Å². The summed E-state index contributed by atoms with van der Waals surface area (Å²) >= 11 is 0. The summed E-state index contributed by atoms with van der Waals surface area (Å²) in [6.45, 7) is 5.53. The van der Waals surface area contributed by atoms with Crippen molar-refractivity contribution in [3.8, 4) is 0 Å². The second-order valence-corrected chi connectivity index (χ2v) is 6.27. The molecule has 1 aliphatic heterocycles. The Bertz CT molecular complexity index is 291. The zero-order valence-corrected chi connectivity index (χ0v) is 10.9. The molecule has 1 amide bonds. The number of carbonyl (C=O) groups is 1. The lowest BCUT2D eigenvalue weighted by Gasteiger charge is -2.36. The molecule has 0 aromatic rings. The molecular weight excluding hydrogens is 216 g/mol. The molecule has 0 bridgehead atoms. The number of nitrogens with two attached hydrogens (primary N) is 1. The van der Waals surface area contributed by atoms with E-state index in [1.54, 1.807) is 0 Å². The summed E-state index contributed by atoms with van der Waals surface area (Å²) in [4.78, 5) is 12.1. The number of rotatable bonds is 2. The number of hydrogen-bond acceptors (Lipinski definition) is 3. The Balaban J connectivity index is 1.86. The predicted molar refractivity (Wildman–Crippen MR) is 66.5 cm³/mol. The number of nitrogens with one attached hydrogen (secondary N) is 1. The van der Waals surface area contributed by atoms with Gasteiger partial charge in [-0.2, -0.15) is 0 Å². The molecule has 2 fully saturated rings. The quantitative estimate of drug-likeness (QED) is 0.758. The fraction of sp³-hybridized carbons (Fsp3) is 0.923. The monoisotopic (exact) mass is 240 g/mol. The van der Waals surface area contributed by atoms with E-state index >= 15 is 0 Å². The van der Waals surface area contributed by atoms with Crippen LogP contribution in [0.3, 0.4) is 0 Å². The van der Waals surface area contributed by atoms with Crippen LogP contribution >= 0.6 is 0 Å². The lowest BCUT2D eigenvalue weighted by Crippen LogP contribution is -2.47. The molecule has 1 aliphatic carbocycles. The SMILES string of the molecule is CC1(C)CCCC(NC(=O)C2COCC2N)C1. The minimum absolute atomic E-state index is 0.0812. The minimum Gasteiger partial charge on any atom is -0.379 e. The maximum Gasteiger partial charge on any atom is 0.227 e. The van der Waals surface area contributed by atoms with Crippen LogP contribution in [-0.4, -0.2) is 31.2 Å². The number of ether oxygens (including phenoxy) is 1. The van der Waals surface area contributed by atoms with Crippen molar-refractivity contribution in [2.45, 2.75) is 51.6 Å². The Hall–Kier alpha value is -0.610. The largest absolute Gasteiger partial charge is 0.379 e. The highest BCUT2D eigenvalue weighted by Crippen LogP contribution is 2.35. The summed E-state index contributed by atoms with van der Waals surface area (Å²) in [5, 5.41) is 3.15. The number of hydrogen-bond donors (Lipinski definition) is 2. The number of carbonyl (C=O) groups excluding carboxylic acids is 1. The molecule has 3 N–H and O–H groups in total. The highest BCUT2D eigenvalue weighted by molar-refractivity contribution is 5.80. The van der Waals surface area contributed by atoms with Crippen molar-refractivity contribution in [1.82, 2.24) is 5.32 Å². The standard InChI is InChI=1S/C13H24N2O2/c1-13(2)5-3-4-9(6-13)15-12(16)10-7-17-8-11(10)14/h9-11H,3-8,14H2,1-2H3,(H,15,16). The van der Waals surface area contributed by atoms with Gasteiger partial charge in [-0.25, -0.2) is 0 Å². The van der Waals surface area contributed by atoms with Gasteiger partial charge in [-0.05, 0) is 24.7 Å². The summed E-state index contributed by atoms with van der Waals surface area (Å²) in [7, 11) is 0. The smallest absolute Gasteiger partial charge is 0.227 e. The molecule has 0 aromatic carbocycles. The van der Waals surface area contributed by atoms with Crippen LogP contribution in [0.2, 0.25) is 0 Å². The van der Waals surface area contributed by atoms with Crippen molar-refractivity contribution in [3.63, 3.8) is 0 Å². The summed E-state index contributed by atoms with van der Waals surface area (Å²) in [5.74, 6) is -0.0715. The first-order valence-electron chi connectivity index (χ1n) is 6.62. The third-order valence-corrected chi connectivity index (χ3v) is 4.01. The van der Waals surface area contributed by atoms with Gasteiger partial charge < -0.3 is 15.8 Å². The van der Waals surface area contributed by atoms with Crippen molar-refractivity contribution in [1.29, 1.82) is 0 Å². The predicted octanol–water partition coefficient (Wildman–Crippen LogP) is 1.05. The lowest BCUT2D eigenvalue weighted by molar-refractivity contribution is -0.126. The van der Waals surface area contributed by atoms with Crippen molar-refractivity contribution >= 4 is 5.91 Å². The van der Waals surface area contributed by atoms with Gasteiger partial charge in [0.1, 0.15) is 0 Å².